The Balaban J connectivity index is 1.53. The number of anilines is 2. The van der Waals surface area contributed by atoms with E-state index in [1.807, 2.05) is 36.4 Å². The molecule has 0 bridgehead atoms. The molecule has 1 amide bonds. The van der Waals surface area contributed by atoms with Crippen LogP contribution in [0.1, 0.15) is 10.4 Å². The number of ether oxygens (including phenoxy) is 1. The summed E-state index contributed by atoms with van der Waals surface area (Å²) in [4.78, 5) is 16.7. The van der Waals surface area contributed by atoms with Crippen LogP contribution >= 0.6 is 22.9 Å². The van der Waals surface area contributed by atoms with E-state index in [4.69, 9.17) is 21.6 Å². The van der Waals surface area contributed by atoms with Crippen LogP contribution in [0.15, 0.2) is 59.7 Å². The van der Waals surface area contributed by atoms with Crippen molar-refractivity contribution >= 4 is 45.9 Å². The Kier molecular flexibility index (Phi) is 6.57. The first-order valence-corrected chi connectivity index (χ1v) is 9.27. The normalized spacial score (nSPS) is 10.4. The van der Waals surface area contributed by atoms with Gasteiger partial charge in [0.1, 0.15) is 11.8 Å². The molecule has 0 aliphatic heterocycles. The lowest BCUT2D eigenvalue weighted by Crippen LogP contribution is -2.24. The molecule has 1 heterocycles. The van der Waals surface area contributed by atoms with Crippen LogP contribution in [-0.4, -0.2) is 23.7 Å². The molecule has 0 atom stereocenters. The fraction of sp³-hybridized carbons (Fsp3) is 0.0526. The Bertz CT molecular complexity index is 1030. The highest BCUT2D eigenvalue weighted by Gasteiger charge is 2.09. The SMILES string of the molecule is N#Cc1ccccc1OCC(=O)N/N=C/c1sc(Nc2ccccc2)nc1Cl. The zero-order chi connectivity index (χ0) is 19.8. The third-order valence-corrected chi connectivity index (χ3v) is 4.68. The summed E-state index contributed by atoms with van der Waals surface area (Å²) in [5.74, 6) is -0.126. The van der Waals surface area contributed by atoms with E-state index in [9.17, 15) is 4.79 Å². The van der Waals surface area contributed by atoms with E-state index in [0.717, 1.165) is 5.69 Å². The number of rotatable bonds is 7. The molecule has 3 aromatic rings. The average Bonchev–Trinajstić information content (AvgIpc) is 3.06. The minimum Gasteiger partial charge on any atom is -0.482 e. The number of carbonyl (C=O) groups excluding carboxylic acids is 1. The smallest absolute Gasteiger partial charge is 0.277 e. The number of nitriles is 1. The van der Waals surface area contributed by atoms with Gasteiger partial charge in [0.15, 0.2) is 16.9 Å². The summed E-state index contributed by atoms with van der Waals surface area (Å²) >= 11 is 7.40. The van der Waals surface area contributed by atoms with Gasteiger partial charge in [-0.1, -0.05) is 53.3 Å². The highest BCUT2D eigenvalue weighted by atomic mass is 35.5. The zero-order valence-electron chi connectivity index (χ0n) is 14.4. The molecule has 7 nitrogen and oxygen atoms in total. The van der Waals surface area contributed by atoms with Crippen LogP contribution in [0.2, 0.25) is 5.15 Å². The van der Waals surface area contributed by atoms with Gasteiger partial charge in [-0.2, -0.15) is 10.4 Å². The highest BCUT2D eigenvalue weighted by Crippen LogP contribution is 2.27. The second-order valence-corrected chi connectivity index (χ2v) is 6.74. The van der Waals surface area contributed by atoms with Crippen molar-refractivity contribution in [2.75, 3.05) is 11.9 Å². The number of aromatic nitrogens is 1. The molecule has 0 saturated heterocycles. The Morgan fingerprint density at radius 1 is 1.25 bits per heavy atom. The summed E-state index contributed by atoms with van der Waals surface area (Å²) in [6.45, 7) is -0.271. The number of carbonyl (C=O) groups is 1. The Labute approximate surface area is 170 Å². The van der Waals surface area contributed by atoms with Crippen LogP contribution in [0.25, 0.3) is 0 Å². The highest BCUT2D eigenvalue weighted by molar-refractivity contribution is 7.17. The minimum atomic E-state index is -0.465. The van der Waals surface area contributed by atoms with Crippen molar-refractivity contribution in [2.24, 2.45) is 5.10 Å². The lowest BCUT2D eigenvalue weighted by atomic mass is 10.2. The summed E-state index contributed by atoms with van der Waals surface area (Å²) in [6, 6.07) is 18.2. The Morgan fingerprint density at radius 2 is 2.00 bits per heavy atom. The largest absolute Gasteiger partial charge is 0.482 e. The summed E-state index contributed by atoms with van der Waals surface area (Å²) in [5.41, 5.74) is 3.59. The van der Waals surface area contributed by atoms with E-state index in [1.165, 1.54) is 17.6 Å². The lowest BCUT2D eigenvalue weighted by Gasteiger charge is -2.05. The molecule has 0 aliphatic rings. The van der Waals surface area contributed by atoms with Gasteiger partial charge in [0.05, 0.1) is 16.7 Å². The number of hydrazone groups is 1. The third-order valence-electron chi connectivity index (χ3n) is 3.37. The molecule has 0 fully saturated rings. The van der Waals surface area contributed by atoms with Crippen molar-refractivity contribution in [3.63, 3.8) is 0 Å². The number of halogens is 1. The first-order valence-electron chi connectivity index (χ1n) is 8.08. The lowest BCUT2D eigenvalue weighted by molar-refractivity contribution is -0.123. The first-order chi connectivity index (χ1) is 13.7. The van der Waals surface area contributed by atoms with Gasteiger partial charge in [0.25, 0.3) is 5.91 Å². The monoisotopic (exact) mass is 411 g/mol. The molecule has 0 aliphatic carbocycles. The van der Waals surface area contributed by atoms with Crippen molar-refractivity contribution in [3.05, 3.63) is 70.2 Å². The zero-order valence-corrected chi connectivity index (χ0v) is 16.0. The molecular weight excluding hydrogens is 398 g/mol. The summed E-state index contributed by atoms with van der Waals surface area (Å²) in [6.07, 6.45) is 1.41. The standard InChI is InChI=1S/C19H14ClN5O2S/c20-18-16(28-19(24-18)23-14-7-2-1-3-8-14)11-22-25-17(26)12-27-15-9-5-4-6-13(15)10-21/h1-9,11H,12H2,(H,23,24)(H,25,26)/b22-11+. The Hall–Kier alpha value is -3.41. The fourth-order valence-electron chi connectivity index (χ4n) is 2.11. The number of nitrogens with zero attached hydrogens (tertiary/aromatic N) is 3. The quantitative estimate of drug-likeness (QED) is 0.453. The molecule has 140 valence electrons. The number of nitrogens with one attached hydrogen (secondary N) is 2. The topological polar surface area (TPSA) is 99.4 Å². The van der Waals surface area contributed by atoms with Gasteiger partial charge in [-0.3, -0.25) is 4.79 Å². The second kappa shape index (κ2) is 9.50. The molecule has 2 N–H and O–H groups in total. The summed E-state index contributed by atoms with van der Waals surface area (Å²) < 4.78 is 5.33. The first kappa shape index (κ1) is 19.4. The number of benzene rings is 2. The van der Waals surface area contributed by atoms with Gasteiger partial charge >= 0.3 is 0 Å². The number of thiazole rings is 1. The molecular formula is C19H14ClN5O2S. The third kappa shape index (κ3) is 5.30. The number of amides is 1. The maximum atomic E-state index is 11.8. The van der Waals surface area contributed by atoms with Gasteiger partial charge in [-0.25, -0.2) is 10.4 Å². The van der Waals surface area contributed by atoms with Crippen molar-refractivity contribution in [3.8, 4) is 11.8 Å². The van der Waals surface area contributed by atoms with Gasteiger partial charge in [-0.05, 0) is 24.3 Å². The summed E-state index contributed by atoms with van der Waals surface area (Å²) in [7, 11) is 0. The van der Waals surface area contributed by atoms with Crippen molar-refractivity contribution in [1.29, 1.82) is 5.26 Å². The summed E-state index contributed by atoms with van der Waals surface area (Å²) in [5, 5.41) is 16.9. The van der Waals surface area contributed by atoms with Crippen LogP contribution in [-0.2, 0) is 4.79 Å². The minimum absolute atomic E-state index is 0.271. The molecule has 28 heavy (non-hydrogen) atoms. The molecule has 2 aromatic carbocycles. The van der Waals surface area contributed by atoms with E-state index >= 15 is 0 Å². The molecule has 3 rings (SSSR count). The molecule has 0 unspecified atom stereocenters. The van der Waals surface area contributed by atoms with Crippen LogP contribution in [0.3, 0.4) is 0 Å². The van der Waals surface area contributed by atoms with Gasteiger partial charge < -0.3 is 10.1 Å². The van der Waals surface area contributed by atoms with Crippen LogP contribution in [0, 0.1) is 11.3 Å². The van der Waals surface area contributed by atoms with E-state index in [0.29, 0.717) is 21.3 Å². The van der Waals surface area contributed by atoms with Crippen molar-refractivity contribution < 1.29 is 9.53 Å². The fourth-order valence-corrected chi connectivity index (χ4v) is 3.16. The maximum absolute atomic E-state index is 11.8. The van der Waals surface area contributed by atoms with E-state index < -0.39 is 5.91 Å². The maximum Gasteiger partial charge on any atom is 0.277 e. The predicted octanol–water partition coefficient (Wildman–Crippen LogP) is 3.94. The molecule has 1 aromatic heterocycles. The molecule has 0 radical (unpaired) electrons. The second-order valence-electron chi connectivity index (χ2n) is 5.35. The number of para-hydroxylation sites is 2. The van der Waals surface area contributed by atoms with Crippen molar-refractivity contribution in [2.45, 2.75) is 0 Å². The molecule has 0 spiro atoms. The average molecular weight is 412 g/mol. The van der Waals surface area contributed by atoms with E-state index in [1.54, 1.807) is 24.3 Å². The van der Waals surface area contributed by atoms with E-state index in [2.05, 4.69) is 20.8 Å². The van der Waals surface area contributed by atoms with Crippen LogP contribution < -0.4 is 15.5 Å². The number of hydrogen-bond donors (Lipinski definition) is 2. The van der Waals surface area contributed by atoms with E-state index in [-0.39, 0.29) is 11.8 Å². The van der Waals surface area contributed by atoms with Gasteiger partial charge in [-0.15, -0.1) is 0 Å². The number of hydrogen-bond acceptors (Lipinski definition) is 7. The van der Waals surface area contributed by atoms with Crippen LogP contribution in [0.5, 0.6) is 5.75 Å². The molecule has 0 saturated carbocycles. The van der Waals surface area contributed by atoms with Gasteiger partial charge in [0.2, 0.25) is 0 Å². The predicted molar refractivity (Wildman–Crippen MR) is 109 cm³/mol. The molecule has 9 heteroatoms. The van der Waals surface area contributed by atoms with Crippen LogP contribution in [0.4, 0.5) is 10.8 Å². The van der Waals surface area contributed by atoms with Crippen molar-refractivity contribution in [1.82, 2.24) is 10.4 Å². The van der Waals surface area contributed by atoms with Gasteiger partial charge in [0, 0.05) is 5.69 Å². The Morgan fingerprint density at radius 3 is 2.79 bits per heavy atom.